The van der Waals surface area contributed by atoms with Crippen LogP contribution in [0.5, 0.6) is 0 Å². The molecule has 0 aliphatic rings. The quantitative estimate of drug-likeness (QED) is 0.594. The molecule has 2 N–H and O–H groups in total. The zero-order valence-corrected chi connectivity index (χ0v) is 16.8. The molecule has 0 unspecified atom stereocenters. The van der Waals surface area contributed by atoms with E-state index in [1.807, 2.05) is 12.1 Å². The summed E-state index contributed by atoms with van der Waals surface area (Å²) in [7, 11) is 0. The minimum atomic E-state index is -0.405. The SMILES string of the molecule is CC(=O)Nc1ccc(NC(=O)[C@@H](C)Sc2nncn2-c2cccc(Cl)c2)cc1. The lowest BCUT2D eigenvalue weighted by molar-refractivity contribution is -0.115. The largest absolute Gasteiger partial charge is 0.326 e. The van der Waals surface area contributed by atoms with Crippen LogP contribution in [0.4, 0.5) is 11.4 Å². The number of benzene rings is 2. The van der Waals surface area contributed by atoms with Crippen molar-refractivity contribution in [3.05, 3.63) is 59.9 Å². The summed E-state index contributed by atoms with van der Waals surface area (Å²) in [6.07, 6.45) is 1.58. The van der Waals surface area contributed by atoms with Gasteiger partial charge in [0.25, 0.3) is 0 Å². The van der Waals surface area contributed by atoms with Crippen molar-refractivity contribution in [2.24, 2.45) is 0 Å². The van der Waals surface area contributed by atoms with Gasteiger partial charge in [-0.2, -0.15) is 0 Å². The Morgan fingerprint density at radius 2 is 1.79 bits per heavy atom. The van der Waals surface area contributed by atoms with E-state index in [1.54, 1.807) is 54.2 Å². The third-order valence-corrected chi connectivity index (χ3v) is 5.02. The molecule has 0 radical (unpaired) electrons. The van der Waals surface area contributed by atoms with Crippen LogP contribution in [0, 0.1) is 0 Å². The standard InChI is InChI=1S/C19H18ClN5O2S/c1-12(18(27)23-16-8-6-15(7-9-16)22-13(2)26)28-19-24-21-11-25(19)17-5-3-4-14(20)10-17/h3-12H,1-2H3,(H,22,26)(H,23,27)/t12-/m1/s1. The van der Waals surface area contributed by atoms with E-state index < -0.39 is 5.25 Å². The molecule has 0 aliphatic heterocycles. The van der Waals surface area contributed by atoms with Crippen LogP contribution in [0.25, 0.3) is 5.69 Å². The van der Waals surface area contributed by atoms with Crippen LogP contribution < -0.4 is 10.6 Å². The van der Waals surface area contributed by atoms with E-state index in [2.05, 4.69) is 20.8 Å². The summed E-state index contributed by atoms with van der Waals surface area (Å²) in [6, 6.07) is 14.2. The summed E-state index contributed by atoms with van der Waals surface area (Å²) in [4.78, 5) is 23.6. The van der Waals surface area contributed by atoms with Gasteiger partial charge in [-0.25, -0.2) is 0 Å². The number of nitrogens with zero attached hydrogens (tertiary/aromatic N) is 3. The highest BCUT2D eigenvalue weighted by Gasteiger charge is 2.18. The molecule has 0 fully saturated rings. The van der Waals surface area contributed by atoms with Gasteiger partial charge in [0.1, 0.15) is 6.33 Å². The number of carbonyl (C=O) groups excluding carboxylic acids is 2. The Labute approximate surface area is 171 Å². The number of amides is 2. The van der Waals surface area contributed by atoms with Crippen LogP contribution in [-0.2, 0) is 9.59 Å². The van der Waals surface area contributed by atoms with E-state index in [9.17, 15) is 9.59 Å². The number of rotatable bonds is 6. The molecule has 0 bridgehead atoms. The lowest BCUT2D eigenvalue weighted by Crippen LogP contribution is -2.22. The zero-order chi connectivity index (χ0) is 20.1. The molecule has 9 heteroatoms. The van der Waals surface area contributed by atoms with Gasteiger partial charge in [-0.3, -0.25) is 14.2 Å². The van der Waals surface area contributed by atoms with Gasteiger partial charge in [0.15, 0.2) is 5.16 Å². The van der Waals surface area contributed by atoms with Gasteiger partial charge in [0.2, 0.25) is 11.8 Å². The number of anilines is 2. The van der Waals surface area contributed by atoms with Crippen molar-refractivity contribution in [3.8, 4) is 5.69 Å². The number of carbonyl (C=O) groups is 2. The number of thioether (sulfide) groups is 1. The van der Waals surface area contributed by atoms with Crippen molar-refractivity contribution < 1.29 is 9.59 Å². The fourth-order valence-electron chi connectivity index (χ4n) is 2.40. The highest BCUT2D eigenvalue weighted by Crippen LogP contribution is 2.26. The fourth-order valence-corrected chi connectivity index (χ4v) is 3.43. The van der Waals surface area contributed by atoms with Crippen molar-refractivity contribution in [3.63, 3.8) is 0 Å². The van der Waals surface area contributed by atoms with Gasteiger partial charge in [0, 0.05) is 23.3 Å². The first-order valence-electron chi connectivity index (χ1n) is 8.43. The summed E-state index contributed by atoms with van der Waals surface area (Å²) in [5, 5.41) is 14.4. The smallest absolute Gasteiger partial charge is 0.237 e. The molecule has 0 saturated carbocycles. The lowest BCUT2D eigenvalue weighted by atomic mass is 10.2. The molecule has 3 aromatic rings. The summed E-state index contributed by atoms with van der Waals surface area (Å²) in [6.45, 7) is 3.24. The highest BCUT2D eigenvalue weighted by atomic mass is 35.5. The van der Waals surface area contributed by atoms with Crippen LogP contribution >= 0.6 is 23.4 Å². The molecule has 0 aliphatic carbocycles. The summed E-state index contributed by atoms with van der Waals surface area (Å²) < 4.78 is 1.78. The first-order chi connectivity index (χ1) is 13.4. The average molecular weight is 416 g/mol. The second-order valence-electron chi connectivity index (χ2n) is 5.97. The number of hydrogen-bond donors (Lipinski definition) is 2. The summed E-state index contributed by atoms with van der Waals surface area (Å²) in [5.41, 5.74) is 2.13. The van der Waals surface area contributed by atoms with Gasteiger partial charge < -0.3 is 10.6 Å². The number of halogens is 1. The van der Waals surface area contributed by atoms with Crippen LogP contribution in [0.1, 0.15) is 13.8 Å². The topological polar surface area (TPSA) is 88.9 Å². The number of aromatic nitrogens is 3. The molecule has 7 nitrogen and oxygen atoms in total. The van der Waals surface area contributed by atoms with Crippen molar-refractivity contribution in [2.75, 3.05) is 10.6 Å². The Hall–Kier alpha value is -2.84. The number of nitrogens with one attached hydrogen (secondary N) is 2. The minimum Gasteiger partial charge on any atom is -0.326 e. The molecule has 1 aromatic heterocycles. The average Bonchev–Trinajstić information content (AvgIpc) is 3.11. The van der Waals surface area contributed by atoms with E-state index >= 15 is 0 Å². The van der Waals surface area contributed by atoms with Gasteiger partial charge in [0.05, 0.1) is 10.9 Å². The maximum atomic E-state index is 12.5. The molecule has 2 amide bonds. The predicted octanol–water partition coefficient (Wildman–Crippen LogP) is 4.00. The molecule has 1 atom stereocenters. The Bertz CT molecular complexity index is 990. The Kier molecular flexibility index (Phi) is 6.33. The monoisotopic (exact) mass is 415 g/mol. The predicted molar refractivity (Wildman–Crippen MR) is 111 cm³/mol. The van der Waals surface area contributed by atoms with Crippen molar-refractivity contribution in [2.45, 2.75) is 24.3 Å². The first kappa shape index (κ1) is 19.9. The van der Waals surface area contributed by atoms with Crippen LogP contribution in [-0.4, -0.2) is 31.8 Å². The second-order valence-corrected chi connectivity index (χ2v) is 7.72. The van der Waals surface area contributed by atoms with E-state index in [1.165, 1.54) is 18.7 Å². The molecule has 1 heterocycles. The maximum absolute atomic E-state index is 12.5. The van der Waals surface area contributed by atoms with Gasteiger partial charge in [-0.05, 0) is 49.4 Å². The summed E-state index contributed by atoms with van der Waals surface area (Å²) >= 11 is 7.34. The third kappa shape index (κ3) is 5.11. The Balaban J connectivity index is 1.65. The Morgan fingerprint density at radius 3 is 2.43 bits per heavy atom. The molecule has 0 saturated heterocycles. The fraction of sp³-hybridized carbons (Fsp3) is 0.158. The zero-order valence-electron chi connectivity index (χ0n) is 15.2. The van der Waals surface area contributed by atoms with Crippen LogP contribution in [0.15, 0.2) is 60.0 Å². The van der Waals surface area contributed by atoms with Crippen LogP contribution in [0.2, 0.25) is 5.02 Å². The maximum Gasteiger partial charge on any atom is 0.237 e. The normalized spacial score (nSPS) is 11.7. The van der Waals surface area contributed by atoms with E-state index in [0.29, 0.717) is 21.6 Å². The molecular formula is C19H18ClN5O2S. The lowest BCUT2D eigenvalue weighted by Gasteiger charge is -2.13. The minimum absolute atomic E-state index is 0.148. The molecular weight excluding hydrogens is 398 g/mol. The Morgan fingerprint density at radius 1 is 1.11 bits per heavy atom. The van der Waals surface area contributed by atoms with Gasteiger partial charge in [-0.1, -0.05) is 29.4 Å². The number of hydrogen-bond acceptors (Lipinski definition) is 5. The first-order valence-corrected chi connectivity index (χ1v) is 9.69. The van der Waals surface area contributed by atoms with E-state index in [4.69, 9.17) is 11.6 Å². The molecule has 3 rings (SSSR count). The van der Waals surface area contributed by atoms with Gasteiger partial charge >= 0.3 is 0 Å². The van der Waals surface area contributed by atoms with Crippen LogP contribution in [0.3, 0.4) is 0 Å². The third-order valence-electron chi connectivity index (χ3n) is 3.73. The van der Waals surface area contributed by atoms with Crippen molar-refractivity contribution >= 4 is 46.6 Å². The van der Waals surface area contributed by atoms with Crippen molar-refractivity contribution in [1.29, 1.82) is 0 Å². The molecule has 144 valence electrons. The van der Waals surface area contributed by atoms with E-state index in [0.717, 1.165) is 5.69 Å². The second kappa shape index (κ2) is 8.90. The van der Waals surface area contributed by atoms with Gasteiger partial charge in [-0.15, -0.1) is 10.2 Å². The molecule has 28 heavy (non-hydrogen) atoms. The molecule has 2 aromatic carbocycles. The summed E-state index contributed by atoms with van der Waals surface area (Å²) in [5.74, 6) is -0.316. The molecule has 0 spiro atoms. The highest BCUT2D eigenvalue weighted by molar-refractivity contribution is 8.00. The van der Waals surface area contributed by atoms with Crippen molar-refractivity contribution in [1.82, 2.24) is 14.8 Å². The van der Waals surface area contributed by atoms with E-state index in [-0.39, 0.29) is 11.8 Å².